The Kier molecular flexibility index (Phi) is 6.15. The molecule has 3 aromatic rings. The zero-order chi connectivity index (χ0) is 19.1. The van der Waals surface area contributed by atoms with Crippen molar-refractivity contribution in [3.8, 4) is 6.07 Å². The molecule has 2 heterocycles. The van der Waals surface area contributed by atoms with Crippen molar-refractivity contribution in [2.75, 3.05) is 11.9 Å². The minimum Gasteiger partial charge on any atom is -0.452 e. The average Bonchev–Trinajstić information content (AvgIpc) is 3.38. The molecule has 0 saturated carbocycles. The van der Waals surface area contributed by atoms with Gasteiger partial charge >= 0.3 is 5.97 Å². The maximum absolute atomic E-state index is 12.5. The topological polar surface area (TPSA) is 79.2 Å². The number of carbonyl (C=O) groups is 2. The van der Waals surface area contributed by atoms with E-state index in [1.54, 1.807) is 30.3 Å². The van der Waals surface area contributed by atoms with Gasteiger partial charge in [-0.15, -0.1) is 22.7 Å². The Balaban J connectivity index is 1.63. The van der Waals surface area contributed by atoms with Gasteiger partial charge in [-0.25, -0.2) is 4.79 Å². The molecule has 0 unspecified atom stereocenters. The van der Waals surface area contributed by atoms with Gasteiger partial charge in [0.25, 0.3) is 5.91 Å². The second-order valence-corrected chi connectivity index (χ2v) is 7.29. The molecule has 0 atom stereocenters. The minimum absolute atomic E-state index is 0.397. The molecule has 0 radical (unpaired) electrons. The summed E-state index contributed by atoms with van der Waals surface area (Å²) in [6.07, 6.45) is 1.76. The van der Waals surface area contributed by atoms with Crippen LogP contribution in [-0.2, 0) is 14.3 Å². The summed E-state index contributed by atoms with van der Waals surface area (Å²) in [4.78, 5) is 26.2. The number of amides is 1. The highest BCUT2D eigenvalue weighted by atomic mass is 32.1. The number of nitriles is 1. The second kappa shape index (κ2) is 8.94. The molecule has 2 aromatic heterocycles. The van der Waals surface area contributed by atoms with Crippen LogP contribution < -0.4 is 5.32 Å². The molecule has 0 fully saturated rings. The molecule has 1 aromatic carbocycles. The summed E-state index contributed by atoms with van der Waals surface area (Å²) in [6.45, 7) is -0.397. The second-order valence-electron chi connectivity index (χ2n) is 5.36. The Labute approximate surface area is 164 Å². The number of rotatable bonds is 6. The highest BCUT2D eigenvalue weighted by Crippen LogP contribution is 2.25. The van der Waals surface area contributed by atoms with Crippen molar-refractivity contribution in [3.63, 3.8) is 0 Å². The van der Waals surface area contributed by atoms with Gasteiger partial charge in [-0.3, -0.25) is 4.79 Å². The van der Waals surface area contributed by atoms with Gasteiger partial charge in [-0.05, 0) is 53.2 Å². The first-order valence-corrected chi connectivity index (χ1v) is 9.68. The van der Waals surface area contributed by atoms with Crippen LogP contribution in [0.2, 0.25) is 0 Å². The smallest absolute Gasteiger partial charge is 0.340 e. The summed E-state index contributed by atoms with van der Waals surface area (Å²) in [5.74, 6) is -1.00. The van der Waals surface area contributed by atoms with E-state index >= 15 is 0 Å². The molecule has 7 heteroatoms. The van der Waals surface area contributed by atoms with Gasteiger partial charge in [-0.1, -0.05) is 12.1 Å². The highest BCUT2D eigenvalue weighted by Gasteiger charge is 2.17. The molecule has 27 heavy (non-hydrogen) atoms. The van der Waals surface area contributed by atoms with E-state index in [2.05, 4.69) is 5.32 Å². The fourth-order valence-electron chi connectivity index (χ4n) is 2.21. The Morgan fingerprint density at radius 2 is 1.81 bits per heavy atom. The van der Waals surface area contributed by atoms with Crippen LogP contribution in [0.1, 0.15) is 15.3 Å². The molecule has 0 spiro atoms. The van der Waals surface area contributed by atoms with E-state index in [0.717, 1.165) is 9.75 Å². The third-order valence-electron chi connectivity index (χ3n) is 3.47. The van der Waals surface area contributed by atoms with Gasteiger partial charge in [0.2, 0.25) is 0 Å². The molecular weight excluding hydrogens is 380 g/mol. The van der Waals surface area contributed by atoms with E-state index < -0.39 is 18.5 Å². The van der Waals surface area contributed by atoms with Crippen LogP contribution in [0.4, 0.5) is 5.69 Å². The monoisotopic (exact) mass is 394 g/mol. The quantitative estimate of drug-likeness (QED) is 0.496. The lowest BCUT2D eigenvalue weighted by molar-refractivity contribution is -0.141. The van der Waals surface area contributed by atoms with Crippen molar-refractivity contribution in [1.82, 2.24) is 0 Å². The van der Waals surface area contributed by atoms with Crippen LogP contribution in [0, 0.1) is 11.3 Å². The largest absolute Gasteiger partial charge is 0.452 e. The molecule has 0 aliphatic carbocycles. The number of hydrogen-bond donors (Lipinski definition) is 1. The Morgan fingerprint density at radius 3 is 2.44 bits per heavy atom. The SMILES string of the molecule is N#Cc1ccc(NC(=O)COC(=O)/C(=C\c2cccs2)c2cccs2)cc1. The third-order valence-corrected chi connectivity index (χ3v) is 5.19. The molecule has 0 aliphatic heterocycles. The van der Waals surface area contributed by atoms with Crippen molar-refractivity contribution in [1.29, 1.82) is 5.26 Å². The normalized spacial score (nSPS) is 10.9. The van der Waals surface area contributed by atoms with Crippen molar-refractivity contribution >= 4 is 51.9 Å². The van der Waals surface area contributed by atoms with E-state index in [4.69, 9.17) is 10.00 Å². The number of nitrogens with one attached hydrogen (secondary N) is 1. The van der Waals surface area contributed by atoms with E-state index in [1.807, 2.05) is 41.1 Å². The Morgan fingerprint density at radius 1 is 1.07 bits per heavy atom. The van der Waals surface area contributed by atoms with Gasteiger partial charge in [0, 0.05) is 15.4 Å². The summed E-state index contributed by atoms with van der Waals surface area (Å²) in [6, 6.07) is 15.9. The first kappa shape index (κ1) is 18.6. The fourth-order valence-corrected chi connectivity index (χ4v) is 3.60. The lowest BCUT2D eigenvalue weighted by atomic mass is 10.2. The van der Waals surface area contributed by atoms with Crippen molar-refractivity contribution in [3.05, 3.63) is 74.6 Å². The highest BCUT2D eigenvalue weighted by molar-refractivity contribution is 7.12. The summed E-state index contributed by atoms with van der Waals surface area (Å²) >= 11 is 2.94. The van der Waals surface area contributed by atoms with Crippen molar-refractivity contribution < 1.29 is 14.3 Å². The van der Waals surface area contributed by atoms with Crippen LogP contribution in [0.5, 0.6) is 0 Å². The summed E-state index contributed by atoms with van der Waals surface area (Å²) in [7, 11) is 0. The molecular formula is C20H14N2O3S2. The molecule has 1 amide bonds. The molecule has 5 nitrogen and oxygen atoms in total. The van der Waals surface area contributed by atoms with Crippen molar-refractivity contribution in [2.24, 2.45) is 0 Å². The number of benzene rings is 1. The number of anilines is 1. The standard InChI is InChI=1S/C20H14N2O3S2/c21-12-14-5-7-15(8-6-14)22-19(23)13-25-20(24)17(18-4-2-10-27-18)11-16-3-1-9-26-16/h1-11H,13H2,(H,22,23)/b17-11-. The lowest BCUT2D eigenvalue weighted by Crippen LogP contribution is -2.21. The zero-order valence-electron chi connectivity index (χ0n) is 14.0. The fraction of sp³-hybridized carbons (Fsp3) is 0.0500. The summed E-state index contributed by atoms with van der Waals surface area (Å²) in [5, 5.41) is 15.2. The van der Waals surface area contributed by atoms with Crippen LogP contribution in [0.25, 0.3) is 11.6 Å². The number of hydrogen-bond acceptors (Lipinski definition) is 6. The van der Waals surface area contributed by atoms with Crippen molar-refractivity contribution in [2.45, 2.75) is 0 Å². The summed E-state index contributed by atoms with van der Waals surface area (Å²) < 4.78 is 5.20. The molecule has 1 N–H and O–H groups in total. The molecule has 3 rings (SSSR count). The Hall–Kier alpha value is -3.21. The zero-order valence-corrected chi connectivity index (χ0v) is 15.7. The van der Waals surface area contributed by atoms with Crippen LogP contribution in [0.3, 0.4) is 0 Å². The van der Waals surface area contributed by atoms with Gasteiger partial charge in [0.1, 0.15) is 0 Å². The number of carbonyl (C=O) groups excluding carboxylic acids is 2. The van der Waals surface area contributed by atoms with E-state index in [1.165, 1.54) is 22.7 Å². The van der Waals surface area contributed by atoms with E-state index in [0.29, 0.717) is 16.8 Å². The molecule has 0 bridgehead atoms. The van der Waals surface area contributed by atoms with Crippen LogP contribution in [-0.4, -0.2) is 18.5 Å². The van der Waals surface area contributed by atoms with Crippen LogP contribution in [0.15, 0.2) is 59.3 Å². The number of thiophene rings is 2. The maximum Gasteiger partial charge on any atom is 0.340 e. The molecule has 0 aliphatic rings. The predicted molar refractivity (Wildman–Crippen MR) is 107 cm³/mol. The van der Waals surface area contributed by atoms with Gasteiger partial charge < -0.3 is 10.1 Å². The minimum atomic E-state index is -0.555. The van der Waals surface area contributed by atoms with Crippen LogP contribution >= 0.6 is 22.7 Å². The van der Waals surface area contributed by atoms with E-state index in [9.17, 15) is 9.59 Å². The predicted octanol–water partition coefficient (Wildman–Crippen LogP) is 4.40. The maximum atomic E-state index is 12.5. The van der Waals surface area contributed by atoms with Gasteiger partial charge in [-0.2, -0.15) is 5.26 Å². The van der Waals surface area contributed by atoms with Gasteiger partial charge in [0.15, 0.2) is 6.61 Å². The third kappa shape index (κ3) is 5.14. The van der Waals surface area contributed by atoms with E-state index in [-0.39, 0.29) is 0 Å². The first-order chi connectivity index (χ1) is 13.2. The van der Waals surface area contributed by atoms with Gasteiger partial charge in [0.05, 0.1) is 17.2 Å². The lowest BCUT2D eigenvalue weighted by Gasteiger charge is -2.08. The number of esters is 1. The molecule has 134 valence electrons. The first-order valence-electron chi connectivity index (χ1n) is 7.92. The number of ether oxygens (including phenoxy) is 1. The number of nitrogens with zero attached hydrogens (tertiary/aromatic N) is 1. The summed E-state index contributed by atoms with van der Waals surface area (Å²) in [5.41, 5.74) is 1.44. The average molecular weight is 394 g/mol. The Bertz CT molecular complexity index is 983. The molecule has 0 saturated heterocycles.